The Labute approximate surface area is 434 Å². The number of imide groups is 1. The maximum atomic E-state index is 14.3. The molecule has 0 aromatic heterocycles. The zero-order valence-corrected chi connectivity index (χ0v) is 41.6. The lowest BCUT2D eigenvalue weighted by Crippen LogP contribution is -2.76. The van der Waals surface area contributed by atoms with Gasteiger partial charge in [0.05, 0.1) is 52.9 Å². The molecule has 6 aromatic rings. The summed E-state index contributed by atoms with van der Waals surface area (Å²) in [6.07, 6.45) is -8.90. The number of nitrogens with zero attached hydrogens (tertiary/aromatic N) is 1. The van der Waals surface area contributed by atoms with Crippen molar-refractivity contribution in [3.63, 3.8) is 0 Å². The first kappa shape index (κ1) is 51.9. The predicted molar refractivity (Wildman–Crippen MR) is 270 cm³/mol. The molecule has 0 N–H and O–H groups in total. The molecule has 3 saturated heterocycles. The first-order valence-corrected chi connectivity index (χ1v) is 25.1. The van der Waals surface area contributed by atoms with Crippen LogP contribution in [0.2, 0.25) is 0 Å². The monoisotopic (exact) mass is 1040 g/mol. The number of carbonyl (C=O) groups is 2. The van der Waals surface area contributed by atoms with Gasteiger partial charge in [-0.1, -0.05) is 217 Å². The summed E-state index contributed by atoms with van der Waals surface area (Å²) in [4.78, 5) is 28.7. The predicted octanol–water partition coefficient (Wildman–Crippen LogP) is 9.95. The number of benzene rings is 6. The minimum absolute atomic E-state index is 0.0689. The molecule has 0 unspecified atom stereocenters. The lowest BCUT2D eigenvalue weighted by atomic mass is 9.81. The quantitative estimate of drug-likeness (QED) is 0.0478. The van der Waals surface area contributed by atoms with Crippen LogP contribution >= 0.6 is 34.8 Å². The molecule has 0 spiro atoms. The molecule has 6 aromatic carbocycles. The normalized spacial score (nSPS) is 25.1. The Morgan fingerprint density at radius 1 is 0.444 bits per heavy atom. The Morgan fingerprint density at radius 3 is 1.19 bits per heavy atom. The van der Waals surface area contributed by atoms with E-state index in [1.54, 1.807) is 0 Å². The van der Waals surface area contributed by atoms with E-state index >= 15 is 0 Å². The van der Waals surface area contributed by atoms with Gasteiger partial charge in [-0.15, -0.1) is 0 Å². The second kappa shape index (κ2) is 25.3. The van der Waals surface area contributed by atoms with E-state index in [0.717, 1.165) is 38.3 Å². The van der Waals surface area contributed by atoms with Gasteiger partial charge < -0.3 is 42.6 Å². The van der Waals surface area contributed by atoms with Crippen LogP contribution in [0.4, 0.5) is 0 Å². The van der Waals surface area contributed by atoms with E-state index in [2.05, 4.69) is 0 Å². The third-order valence-electron chi connectivity index (χ3n) is 12.7. The van der Waals surface area contributed by atoms with Gasteiger partial charge in [-0.05, 0) is 33.4 Å². The van der Waals surface area contributed by atoms with Crippen molar-refractivity contribution in [1.29, 1.82) is 0 Å². The van der Waals surface area contributed by atoms with Crippen molar-refractivity contribution in [3.05, 3.63) is 215 Å². The fraction of sp³-hybridized carbons (Fsp3) is 0.333. The van der Waals surface area contributed by atoms with Crippen molar-refractivity contribution in [3.8, 4) is 0 Å². The second-order valence-corrected chi connectivity index (χ2v) is 20.1. The van der Waals surface area contributed by atoms with Crippen LogP contribution in [0.15, 0.2) is 182 Å². The zero-order chi connectivity index (χ0) is 49.7. The summed E-state index contributed by atoms with van der Waals surface area (Å²) >= 11 is 18.4. The largest absolute Gasteiger partial charge is 0.374 e. The lowest BCUT2D eigenvalue weighted by molar-refractivity contribution is -0.366. The molecule has 0 bridgehead atoms. The number of fused-ring (bicyclic) bond motifs is 1. The van der Waals surface area contributed by atoms with E-state index in [0.29, 0.717) is 6.61 Å². The minimum atomic E-state index is -2.44. The molecule has 376 valence electrons. The van der Waals surface area contributed by atoms with Gasteiger partial charge in [0.1, 0.15) is 48.6 Å². The molecule has 3 heterocycles. The van der Waals surface area contributed by atoms with E-state index in [1.165, 1.54) is 0 Å². The molecule has 0 aliphatic carbocycles. The third-order valence-corrected chi connectivity index (χ3v) is 13.2. The zero-order valence-electron chi connectivity index (χ0n) is 39.3. The molecular weight excluding hydrogens is 981 g/mol. The van der Waals surface area contributed by atoms with Crippen LogP contribution in [0.5, 0.6) is 0 Å². The first-order valence-electron chi connectivity index (χ1n) is 24.0. The Bertz CT molecular complexity index is 2590. The van der Waals surface area contributed by atoms with Gasteiger partial charge in [0.15, 0.2) is 12.5 Å². The van der Waals surface area contributed by atoms with Crippen LogP contribution in [0, 0.1) is 5.92 Å². The van der Waals surface area contributed by atoms with Crippen molar-refractivity contribution in [2.45, 2.75) is 98.7 Å². The fourth-order valence-corrected chi connectivity index (χ4v) is 9.38. The summed E-state index contributed by atoms with van der Waals surface area (Å²) in [7, 11) is 0. The van der Waals surface area contributed by atoms with Crippen LogP contribution in [-0.4, -0.2) is 89.0 Å². The number of rotatable bonds is 22. The number of halogens is 3. The van der Waals surface area contributed by atoms with Crippen LogP contribution in [-0.2, 0) is 91.9 Å². The van der Waals surface area contributed by atoms with Crippen LogP contribution in [0.1, 0.15) is 33.4 Å². The highest BCUT2D eigenvalue weighted by Gasteiger charge is 2.65. The van der Waals surface area contributed by atoms with Crippen molar-refractivity contribution in [1.82, 2.24) is 4.90 Å². The topological polar surface area (TPSA) is 120 Å². The maximum Gasteiger partial charge on any atom is 0.283 e. The third kappa shape index (κ3) is 13.4. The number of likely N-dealkylation sites (tertiary alicyclic amines) is 1. The van der Waals surface area contributed by atoms with Crippen molar-refractivity contribution in [2.75, 3.05) is 13.2 Å². The van der Waals surface area contributed by atoms with Crippen molar-refractivity contribution < 1.29 is 52.2 Å². The molecule has 12 nitrogen and oxygen atoms in total. The molecular formula is C57H56Cl3NO11. The summed E-state index contributed by atoms with van der Waals surface area (Å²) in [5.41, 5.74) is 5.49. The summed E-state index contributed by atoms with van der Waals surface area (Å²) in [6.45, 7) is 1.16. The standard InChI is InChI=1S/C57H56Cl3NO11/c58-57(59,60)56(63)61-53(62)47-50(67-34-42-25-13-4-14-26-42)49(46(70-54(47)61)38-65-32-40-21-9-2-10-22-40)72-55-52(69-36-44-29-17-6-18-30-44)51(68-35-43-27-15-5-16-28-43)48(66-33-41-23-11-3-12-24-41)45(71-55)37-64-31-39-19-7-1-8-20-39/h1-30,45-52,54-55H,31-38H2/t45-,46-,47+,48+,49-,50-,51+,52-,54+,55+/m1/s1. The fourth-order valence-electron chi connectivity index (χ4n) is 9.10. The number of alkyl halides is 3. The first-order chi connectivity index (χ1) is 35.2. The molecule has 15 heteroatoms. The molecule has 0 radical (unpaired) electrons. The summed E-state index contributed by atoms with van der Waals surface area (Å²) in [6, 6.07) is 58.5. The van der Waals surface area contributed by atoms with Crippen LogP contribution < -0.4 is 0 Å². The number of amides is 2. The average Bonchev–Trinajstić information content (AvgIpc) is 3.41. The van der Waals surface area contributed by atoms with Crippen LogP contribution in [0.3, 0.4) is 0 Å². The van der Waals surface area contributed by atoms with Gasteiger partial charge in [0.2, 0.25) is 5.91 Å². The van der Waals surface area contributed by atoms with Gasteiger partial charge in [0.25, 0.3) is 9.70 Å². The Kier molecular flexibility index (Phi) is 18.2. The van der Waals surface area contributed by atoms with Crippen molar-refractivity contribution in [2.24, 2.45) is 5.92 Å². The molecule has 2 amide bonds. The van der Waals surface area contributed by atoms with Crippen LogP contribution in [0.25, 0.3) is 0 Å². The lowest BCUT2D eigenvalue weighted by Gasteiger charge is -2.56. The number of hydrogen-bond acceptors (Lipinski definition) is 11. The molecule has 0 saturated carbocycles. The number of hydrogen-bond donors (Lipinski definition) is 0. The number of carbonyl (C=O) groups excluding carboxylic acids is 2. The van der Waals surface area contributed by atoms with Crippen molar-refractivity contribution >= 4 is 46.6 Å². The summed E-state index contributed by atoms with van der Waals surface area (Å²) in [5, 5.41) is 0. The molecule has 3 aliphatic rings. The molecule has 10 atom stereocenters. The van der Waals surface area contributed by atoms with Gasteiger partial charge in [-0.3, -0.25) is 14.5 Å². The van der Waals surface area contributed by atoms with Gasteiger partial charge in [-0.2, -0.15) is 0 Å². The minimum Gasteiger partial charge on any atom is -0.374 e. The van der Waals surface area contributed by atoms with E-state index < -0.39 is 76.8 Å². The van der Waals surface area contributed by atoms with E-state index in [9.17, 15) is 9.59 Å². The SMILES string of the molecule is O=C1[C@@H]2[C@@H](OCc3ccccc3)[C@H](O[C@@H]3O[C@H](COCc4ccccc4)[C@H](OCc4ccccc4)[C@H](OCc4ccccc4)[C@H]3OCc3ccccc3)[C@@H](COCc3ccccc3)O[C@@H]2N1C(=O)C(Cl)(Cl)Cl. The highest BCUT2D eigenvalue weighted by Crippen LogP contribution is 2.45. The second-order valence-electron chi connectivity index (χ2n) is 17.8. The summed E-state index contributed by atoms with van der Waals surface area (Å²) < 4.78 is 59.2. The Balaban J connectivity index is 1.11. The maximum absolute atomic E-state index is 14.3. The molecule has 9 rings (SSSR count). The van der Waals surface area contributed by atoms with E-state index in [4.69, 9.17) is 77.4 Å². The molecule has 3 aliphatic heterocycles. The number of ether oxygens (including phenoxy) is 9. The smallest absolute Gasteiger partial charge is 0.283 e. The molecule has 3 fully saturated rings. The highest BCUT2D eigenvalue weighted by atomic mass is 35.6. The summed E-state index contributed by atoms with van der Waals surface area (Å²) in [5.74, 6) is -2.77. The molecule has 72 heavy (non-hydrogen) atoms. The highest BCUT2D eigenvalue weighted by molar-refractivity contribution is 6.76. The van der Waals surface area contributed by atoms with E-state index in [1.807, 2.05) is 182 Å². The van der Waals surface area contributed by atoms with Gasteiger partial charge in [-0.25, -0.2) is 0 Å². The van der Waals surface area contributed by atoms with E-state index in [-0.39, 0.29) is 46.2 Å². The Hall–Kier alpha value is -5.03. The van der Waals surface area contributed by atoms with Gasteiger partial charge in [0, 0.05) is 0 Å². The number of β-lactam (4-membered cyclic amide) rings is 1. The average molecular weight is 1040 g/mol. The van der Waals surface area contributed by atoms with Gasteiger partial charge >= 0.3 is 0 Å². The Morgan fingerprint density at radius 2 is 0.792 bits per heavy atom.